The Bertz CT molecular complexity index is 435. The van der Waals surface area contributed by atoms with Crippen LogP contribution in [0.1, 0.15) is 24.6 Å². The van der Waals surface area contributed by atoms with Gasteiger partial charge in [0.15, 0.2) is 0 Å². The summed E-state index contributed by atoms with van der Waals surface area (Å²) < 4.78 is 5.92. The zero-order valence-corrected chi connectivity index (χ0v) is 10.8. The summed E-state index contributed by atoms with van der Waals surface area (Å²) in [6, 6.07) is 0.459. The Morgan fingerprint density at radius 1 is 1.50 bits per heavy atom. The van der Waals surface area contributed by atoms with E-state index in [1.807, 2.05) is 6.20 Å². The van der Waals surface area contributed by atoms with Crippen molar-refractivity contribution < 1.29 is 4.74 Å². The predicted octanol–water partition coefficient (Wildman–Crippen LogP) is 0.637. The molecule has 18 heavy (non-hydrogen) atoms. The number of nitrogen functional groups attached to an aromatic ring is 1. The number of rotatable bonds is 2. The summed E-state index contributed by atoms with van der Waals surface area (Å²) in [6.07, 6.45) is 5.19. The van der Waals surface area contributed by atoms with Gasteiger partial charge in [-0.15, -0.1) is 0 Å². The monoisotopic (exact) mass is 248 g/mol. The third-order valence-electron chi connectivity index (χ3n) is 3.92. The molecule has 0 aromatic carbocycles. The normalized spacial score (nSPS) is 27.6. The van der Waals surface area contributed by atoms with Crippen molar-refractivity contribution in [2.45, 2.75) is 38.3 Å². The Kier molecular flexibility index (Phi) is 3.18. The van der Waals surface area contributed by atoms with Crippen molar-refractivity contribution in [3.8, 4) is 0 Å². The predicted molar refractivity (Wildman–Crippen MR) is 69.2 cm³/mol. The highest BCUT2D eigenvalue weighted by Gasteiger charge is 2.36. The molecule has 1 saturated heterocycles. The molecule has 0 radical (unpaired) electrons. The summed E-state index contributed by atoms with van der Waals surface area (Å²) >= 11 is 0. The summed E-state index contributed by atoms with van der Waals surface area (Å²) in [5.74, 6) is 0.381. The minimum Gasteiger partial charge on any atom is -0.375 e. The number of nitrogens with zero attached hydrogens (tertiary/aromatic N) is 3. The average Bonchev–Trinajstić information content (AvgIpc) is 2.37. The van der Waals surface area contributed by atoms with Crippen LogP contribution in [0, 0.1) is 0 Å². The van der Waals surface area contributed by atoms with Gasteiger partial charge in [0.25, 0.3) is 0 Å². The highest BCUT2D eigenvalue weighted by Crippen LogP contribution is 2.28. The topological polar surface area (TPSA) is 64.3 Å². The van der Waals surface area contributed by atoms with E-state index in [4.69, 9.17) is 10.5 Å². The number of ether oxygens (including phenoxy) is 1. The maximum atomic E-state index is 5.92. The largest absolute Gasteiger partial charge is 0.375 e. The van der Waals surface area contributed by atoms with Gasteiger partial charge >= 0.3 is 0 Å². The number of aromatic nitrogens is 2. The first kappa shape index (κ1) is 11.9. The molecule has 3 rings (SSSR count). The molecule has 5 nitrogen and oxygen atoms in total. The van der Waals surface area contributed by atoms with Gasteiger partial charge in [0.2, 0.25) is 5.95 Å². The number of fused-ring (bicyclic) bond motifs is 2. The molecule has 1 aromatic rings. The van der Waals surface area contributed by atoms with Crippen LogP contribution in [-0.2, 0) is 17.6 Å². The first-order valence-corrected chi connectivity index (χ1v) is 6.74. The van der Waals surface area contributed by atoms with E-state index in [1.54, 1.807) is 0 Å². The van der Waals surface area contributed by atoms with Gasteiger partial charge in [0.1, 0.15) is 0 Å². The fourth-order valence-corrected chi connectivity index (χ4v) is 3.07. The van der Waals surface area contributed by atoms with Crippen molar-refractivity contribution in [3.05, 3.63) is 17.5 Å². The van der Waals surface area contributed by atoms with Gasteiger partial charge < -0.3 is 10.5 Å². The Labute approximate surface area is 107 Å². The van der Waals surface area contributed by atoms with Crippen molar-refractivity contribution in [1.82, 2.24) is 14.9 Å². The van der Waals surface area contributed by atoms with Gasteiger partial charge in [-0.3, -0.25) is 4.90 Å². The molecule has 0 saturated carbocycles. The number of anilines is 1. The van der Waals surface area contributed by atoms with Gasteiger partial charge in [0, 0.05) is 31.6 Å². The summed E-state index contributed by atoms with van der Waals surface area (Å²) in [7, 11) is 0. The van der Waals surface area contributed by atoms with Crippen LogP contribution in [0.2, 0.25) is 0 Å². The number of nitrogens with two attached hydrogens (primary N) is 1. The van der Waals surface area contributed by atoms with E-state index in [1.165, 1.54) is 12.0 Å². The molecule has 0 amide bonds. The highest BCUT2D eigenvalue weighted by molar-refractivity contribution is 5.29. The van der Waals surface area contributed by atoms with Crippen molar-refractivity contribution in [3.63, 3.8) is 0 Å². The lowest BCUT2D eigenvalue weighted by molar-refractivity contribution is -0.0744. The number of hydrogen-bond donors (Lipinski definition) is 1. The third-order valence-corrected chi connectivity index (χ3v) is 3.92. The SMILES string of the molecule is CCCN1CCO[C@@H]2Cc3cnc(N)nc3C[C@H]21. The van der Waals surface area contributed by atoms with Crippen LogP contribution >= 0.6 is 0 Å². The molecular weight excluding hydrogens is 228 g/mol. The lowest BCUT2D eigenvalue weighted by Crippen LogP contribution is -2.55. The second kappa shape index (κ2) is 4.82. The molecule has 2 atom stereocenters. The molecule has 0 unspecified atom stereocenters. The molecule has 2 heterocycles. The number of morpholine rings is 1. The Morgan fingerprint density at radius 3 is 3.22 bits per heavy atom. The minimum atomic E-state index is 0.296. The smallest absolute Gasteiger partial charge is 0.220 e. The van der Waals surface area contributed by atoms with E-state index >= 15 is 0 Å². The first-order valence-electron chi connectivity index (χ1n) is 6.74. The van der Waals surface area contributed by atoms with E-state index < -0.39 is 0 Å². The number of hydrogen-bond acceptors (Lipinski definition) is 5. The second-order valence-corrected chi connectivity index (χ2v) is 5.12. The van der Waals surface area contributed by atoms with E-state index in [0.29, 0.717) is 18.1 Å². The second-order valence-electron chi connectivity index (χ2n) is 5.12. The van der Waals surface area contributed by atoms with Crippen LogP contribution in [-0.4, -0.2) is 46.7 Å². The van der Waals surface area contributed by atoms with Crippen LogP contribution in [0.4, 0.5) is 5.95 Å². The van der Waals surface area contributed by atoms with Crippen molar-refractivity contribution >= 4 is 5.95 Å². The molecule has 0 spiro atoms. The Balaban J connectivity index is 1.86. The lowest BCUT2D eigenvalue weighted by atomic mass is 9.88. The van der Waals surface area contributed by atoms with Crippen molar-refractivity contribution in [2.75, 3.05) is 25.4 Å². The molecule has 5 heteroatoms. The van der Waals surface area contributed by atoms with Crippen molar-refractivity contribution in [1.29, 1.82) is 0 Å². The van der Waals surface area contributed by atoms with Crippen LogP contribution in [0.3, 0.4) is 0 Å². The summed E-state index contributed by atoms with van der Waals surface area (Å²) in [6.45, 7) is 5.24. The summed E-state index contributed by atoms with van der Waals surface area (Å²) in [5.41, 5.74) is 7.98. The van der Waals surface area contributed by atoms with Gasteiger partial charge in [0.05, 0.1) is 18.4 Å². The molecule has 0 bridgehead atoms. The van der Waals surface area contributed by atoms with Crippen molar-refractivity contribution in [2.24, 2.45) is 0 Å². The first-order chi connectivity index (χ1) is 8.78. The van der Waals surface area contributed by atoms with E-state index in [-0.39, 0.29) is 0 Å². The Hall–Kier alpha value is -1.20. The summed E-state index contributed by atoms with van der Waals surface area (Å²) in [5, 5.41) is 0. The highest BCUT2D eigenvalue weighted by atomic mass is 16.5. The minimum absolute atomic E-state index is 0.296. The van der Waals surface area contributed by atoms with Gasteiger partial charge in [-0.2, -0.15) is 0 Å². The van der Waals surface area contributed by atoms with E-state index in [0.717, 1.165) is 38.2 Å². The zero-order valence-electron chi connectivity index (χ0n) is 10.8. The fourth-order valence-electron chi connectivity index (χ4n) is 3.07. The van der Waals surface area contributed by atoms with E-state index in [2.05, 4.69) is 21.8 Å². The average molecular weight is 248 g/mol. The van der Waals surface area contributed by atoms with E-state index in [9.17, 15) is 0 Å². The van der Waals surface area contributed by atoms with Gasteiger partial charge in [-0.1, -0.05) is 6.92 Å². The molecule has 2 N–H and O–H groups in total. The molecule has 98 valence electrons. The molecule has 1 aliphatic carbocycles. The van der Waals surface area contributed by atoms with Gasteiger partial charge in [-0.05, 0) is 18.5 Å². The lowest BCUT2D eigenvalue weighted by Gasteiger charge is -2.43. The Morgan fingerprint density at radius 2 is 2.39 bits per heavy atom. The van der Waals surface area contributed by atoms with Gasteiger partial charge in [-0.25, -0.2) is 9.97 Å². The summed E-state index contributed by atoms with van der Waals surface area (Å²) in [4.78, 5) is 11.0. The fraction of sp³-hybridized carbons (Fsp3) is 0.692. The van der Waals surface area contributed by atoms with Crippen LogP contribution in [0.15, 0.2) is 6.20 Å². The molecule has 1 aromatic heterocycles. The van der Waals surface area contributed by atoms with Crippen LogP contribution in [0.25, 0.3) is 0 Å². The third kappa shape index (κ3) is 2.08. The standard InChI is InChI=1S/C13H20N4O/c1-2-3-17-4-5-18-12-6-9-8-15-13(14)16-10(9)7-11(12)17/h8,11-12H,2-7H2,1H3,(H2,14,15,16)/t11-,12-/m1/s1. The molecule has 1 aliphatic heterocycles. The molecule has 1 fully saturated rings. The quantitative estimate of drug-likeness (QED) is 0.832. The maximum Gasteiger partial charge on any atom is 0.220 e. The van der Waals surface area contributed by atoms with Crippen LogP contribution in [0.5, 0.6) is 0 Å². The molecule has 2 aliphatic rings. The molecular formula is C13H20N4O. The zero-order chi connectivity index (χ0) is 12.5. The maximum absolute atomic E-state index is 5.92. The van der Waals surface area contributed by atoms with Crippen LogP contribution < -0.4 is 5.73 Å².